The first kappa shape index (κ1) is 29.3. The van der Waals surface area contributed by atoms with Crippen LogP contribution in [0.2, 0.25) is 0 Å². The fourth-order valence-electron chi connectivity index (χ4n) is 3.99. The van der Waals surface area contributed by atoms with E-state index < -0.39 is 0 Å². The quantitative estimate of drug-likeness (QED) is 0.143. The van der Waals surface area contributed by atoms with Crippen molar-refractivity contribution in [2.75, 3.05) is 0 Å². The monoisotopic (exact) mass is 490 g/mol. The smallest absolute Gasteiger partial charge is 0.0639 e. The molecule has 0 fully saturated rings. The Morgan fingerprint density at radius 2 is 1.06 bits per heavy atom. The Kier molecular flexibility index (Phi) is 14.9. The zero-order valence-corrected chi connectivity index (χ0v) is 22.5. The van der Waals surface area contributed by atoms with Gasteiger partial charge in [0.05, 0.1) is 17.1 Å². The van der Waals surface area contributed by atoms with Gasteiger partial charge >= 0.3 is 0 Å². The average molecular weight is 491 g/mol. The third-order valence-corrected chi connectivity index (χ3v) is 6.13. The fraction of sp³-hybridized carbons (Fsp3) is 0.533. The number of aliphatic imine (C=N–C) groups is 2. The number of nitrogens with zero attached hydrogens (tertiary/aromatic N) is 2. The van der Waals surface area contributed by atoms with Crippen LogP contribution in [0, 0.1) is 0 Å². The first-order chi connectivity index (χ1) is 15.6. The number of hydrogen-bond acceptors (Lipinski definition) is 2. The maximum Gasteiger partial charge on any atom is 0.0639 e. The summed E-state index contributed by atoms with van der Waals surface area (Å²) in [6.45, 7) is 11.1. The topological polar surface area (TPSA) is 24.7 Å². The van der Waals surface area contributed by atoms with Gasteiger partial charge in [0.25, 0.3) is 0 Å². The Bertz CT molecular complexity index is 838. The molecule has 3 heteroatoms. The van der Waals surface area contributed by atoms with Gasteiger partial charge in [0.2, 0.25) is 0 Å². The number of rotatable bonds is 14. The zero-order chi connectivity index (χ0) is 23.2. The van der Waals surface area contributed by atoms with Crippen LogP contribution in [0.1, 0.15) is 102 Å². The molecule has 0 aliphatic heterocycles. The summed E-state index contributed by atoms with van der Waals surface area (Å²) in [5.41, 5.74) is 8.65. The second-order valence-corrected chi connectivity index (χ2v) is 8.81. The van der Waals surface area contributed by atoms with Crippen LogP contribution in [0.5, 0.6) is 0 Å². The van der Waals surface area contributed by atoms with E-state index in [0.717, 1.165) is 49.2 Å². The third-order valence-electron chi connectivity index (χ3n) is 6.13. The molecule has 0 radical (unpaired) electrons. The molecule has 2 aromatic rings. The van der Waals surface area contributed by atoms with Crippen molar-refractivity contribution < 1.29 is 16.5 Å². The van der Waals surface area contributed by atoms with E-state index in [4.69, 9.17) is 9.98 Å². The van der Waals surface area contributed by atoms with E-state index >= 15 is 0 Å². The van der Waals surface area contributed by atoms with Crippen LogP contribution in [0.25, 0.3) is 0 Å². The van der Waals surface area contributed by atoms with Crippen LogP contribution in [-0.4, -0.2) is 11.9 Å². The SMILES string of the molecule is CCCCCCCCC(C=Nc1cc(CC)cc(CC)c1)=Nc1cc(CC)cc(CC)c1.[Ni]. The van der Waals surface area contributed by atoms with Crippen molar-refractivity contribution in [3.8, 4) is 0 Å². The van der Waals surface area contributed by atoms with Gasteiger partial charge in [0.15, 0.2) is 0 Å². The predicted octanol–water partition coefficient (Wildman–Crippen LogP) is 9.16. The van der Waals surface area contributed by atoms with Gasteiger partial charge in [0.1, 0.15) is 0 Å². The summed E-state index contributed by atoms with van der Waals surface area (Å²) in [6.07, 6.45) is 14.9. The maximum absolute atomic E-state index is 5.08. The van der Waals surface area contributed by atoms with Gasteiger partial charge in [-0.2, -0.15) is 0 Å². The van der Waals surface area contributed by atoms with Crippen LogP contribution >= 0.6 is 0 Å². The van der Waals surface area contributed by atoms with E-state index in [1.165, 1.54) is 60.8 Å². The molecule has 0 spiro atoms. The summed E-state index contributed by atoms with van der Waals surface area (Å²) in [5, 5.41) is 0. The molecular formula is C30H44N2Ni. The molecule has 184 valence electrons. The van der Waals surface area contributed by atoms with E-state index in [0.29, 0.717) is 0 Å². The first-order valence-electron chi connectivity index (χ1n) is 13.0. The minimum absolute atomic E-state index is 0. The van der Waals surface area contributed by atoms with Crippen LogP contribution in [-0.2, 0) is 42.2 Å². The largest absolute Gasteiger partial charge is 0.255 e. The molecule has 0 heterocycles. The summed E-state index contributed by atoms with van der Waals surface area (Å²) in [7, 11) is 0. The average Bonchev–Trinajstić information content (AvgIpc) is 2.83. The molecule has 0 aliphatic carbocycles. The van der Waals surface area contributed by atoms with E-state index in [1.807, 2.05) is 6.21 Å². The van der Waals surface area contributed by atoms with E-state index in [2.05, 4.69) is 71.0 Å². The predicted molar refractivity (Wildman–Crippen MR) is 144 cm³/mol. The molecule has 0 unspecified atom stereocenters. The Labute approximate surface area is 213 Å². The van der Waals surface area contributed by atoms with Gasteiger partial charge in [-0.15, -0.1) is 0 Å². The number of aryl methyl sites for hydroxylation is 4. The van der Waals surface area contributed by atoms with Crippen LogP contribution in [0.4, 0.5) is 11.4 Å². The fourth-order valence-corrected chi connectivity index (χ4v) is 3.99. The molecule has 2 rings (SSSR count). The van der Waals surface area contributed by atoms with Gasteiger partial charge < -0.3 is 0 Å². The second-order valence-electron chi connectivity index (χ2n) is 8.81. The van der Waals surface area contributed by atoms with Crippen molar-refractivity contribution in [2.45, 2.75) is 105 Å². The Hall–Kier alpha value is -1.73. The minimum atomic E-state index is 0. The zero-order valence-electron chi connectivity index (χ0n) is 21.5. The van der Waals surface area contributed by atoms with Crippen molar-refractivity contribution in [3.63, 3.8) is 0 Å². The Morgan fingerprint density at radius 1 is 0.606 bits per heavy atom. The number of benzene rings is 2. The molecule has 0 N–H and O–H groups in total. The summed E-state index contributed by atoms with van der Waals surface area (Å²) in [5.74, 6) is 0. The van der Waals surface area contributed by atoms with Crippen molar-refractivity contribution in [3.05, 3.63) is 58.7 Å². The van der Waals surface area contributed by atoms with Gasteiger partial charge in [-0.05, 0) is 85.0 Å². The number of hydrogen-bond donors (Lipinski definition) is 0. The Morgan fingerprint density at radius 3 is 1.55 bits per heavy atom. The second kappa shape index (κ2) is 16.8. The molecule has 0 saturated carbocycles. The van der Waals surface area contributed by atoms with E-state index in [-0.39, 0.29) is 16.5 Å². The van der Waals surface area contributed by atoms with Crippen molar-refractivity contribution >= 4 is 23.3 Å². The van der Waals surface area contributed by atoms with E-state index in [1.54, 1.807) is 0 Å². The molecule has 0 saturated heterocycles. The van der Waals surface area contributed by atoms with Gasteiger partial charge in [-0.1, -0.05) is 78.9 Å². The maximum atomic E-state index is 5.08. The normalized spacial score (nSPS) is 11.7. The van der Waals surface area contributed by atoms with Crippen LogP contribution in [0.15, 0.2) is 46.4 Å². The van der Waals surface area contributed by atoms with Crippen LogP contribution in [0.3, 0.4) is 0 Å². The molecule has 0 atom stereocenters. The molecule has 0 aliphatic rings. The summed E-state index contributed by atoms with van der Waals surface area (Å²) < 4.78 is 0. The summed E-state index contributed by atoms with van der Waals surface area (Å²) in [6, 6.07) is 13.5. The molecule has 0 bridgehead atoms. The molecule has 2 nitrogen and oxygen atoms in total. The number of unbranched alkanes of at least 4 members (excludes halogenated alkanes) is 5. The van der Waals surface area contributed by atoms with Crippen molar-refractivity contribution in [1.29, 1.82) is 0 Å². The molecular weight excluding hydrogens is 447 g/mol. The van der Waals surface area contributed by atoms with E-state index in [9.17, 15) is 0 Å². The first-order valence-corrected chi connectivity index (χ1v) is 13.0. The third kappa shape index (κ3) is 10.8. The van der Waals surface area contributed by atoms with Crippen LogP contribution < -0.4 is 0 Å². The molecule has 0 amide bonds. The van der Waals surface area contributed by atoms with Gasteiger partial charge in [-0.25, -0.2) is 0 Å². The van der Waals surface area contributed by atoms with Gasteiger partial charge in [-0.3, -0.25) is 9.98 Å². The molecule has 33 heavy (non-hydrogen) atoms. The Balaban J connectivity index is 0.00000544. The summed E-state index contributed by atoms with van der Waals surface area (Å²) >= 11 is 0. The van der Waals surface area contributed by atoms with Gasteiger partial charge in [0, 0.05) is 22.7 Å². The van der Waals surface area contributed by atoms with Crippen molar-refractivity contribution in [1.82, 2.24) is 0 Å². The van der Waals surface area contributed by atoms with Crippen molar-refractivity contribution in [2.24, 2.45) is 9.98 Å². The summed E-state index contributed by atoms with van der Waals surface area (Å²) in [4.78, 5) is 9.96. The minimum Gasteiger partial charge on any atom is -0.255 e. The molecule has 2 aromatic carbocycles. The standard InChI is InChI=1S/C30H44N2.Ni/c1-6-11-12-13-14-15-16-28(32-30-21-26(9-4)18-27(10-5)22-30)23-31-29-19-24(7-2)17-25(8-3)20-29;/h17-23H,6-16H2,1-5H3;. The molecule has 0 aromatic heterocycles.